The highest BCUT2D eigenvalue weighted by atomic mass is 16.5. The van der Waals surface area contributed by atoms with Crippen LogP contribution in [0.1, 0.15) is 24.3 Å². The van der Waals surface area contributed by atoms with Crippen molar-refractivity contribution in [3.63, 3.8) is 0 Å². The molecule has 0 aliphatic carbocycles. The van der Waals surface area contributed by atoms with Crippen molar-refractivity contribution < 1.29 is 9.53 Å². The van der Waals surface area contributed by atoms with Crippen LogP contribution in [0.15, 0.2) is 30.3 Å². The lowest BCUT2D eigenvalue weighted by Crippen LogP contribution is -2.23. The summed E-state index contributed by atoms with van der Waals surface area (Å²) in [6.07, 6.45) is 0.0308. The van der Waals surface area contributed by atoms with Crippen LogP contribution in [0, 0.1) is 0 Å². The average molecular weight is 300 g/mol. The summed E-state index contributed by atoms with van der Waals surface area (Å²) >= 11 is 0. The van der Waals surface area contributed by atoms with E-state index in [0.717, 1.165) is 5.56 Å². The summed E-state index contributed by atoms with van der Waals surface area (Å²) in [5.74, 6) is 0.526. The van der Waals surface area contributed by atoms with E-state index in [0.29, 0.717) is 11.4 Å². The number of nitrogens with two attached hydrogens (primary N) is 1. The summed E-state index contributed by atoms with van der Waals surface area (Å²) in [5.41, 5.74) is 7.35. The Labute approximate surface area is 129 Å². The van der Waals surface area contributed by atoms with Crippen molar-refractivity contribution in [1.82, 2.24) is 14.9 Å². The topological polar surface area (TPSA) is 81.3 Å². The number of rotatable bonds is 4. The number of carbonyl (C=O) groups excluding carboxylic acids is 1. The van der Waals surface area contributed by atoms with Crippen molar-refractivity contribution in [2.75, 3.05) is 19.8 Å². The minimum Gasteiger partial charge on any atom is -0.490 e. The molecule has 116 valence electrons. The monoisotopic (exact) mass is 300 g/mol. The van der Waals surface area contributed by atoms with Gasteiger partial charge in [0, 0.05) is 19.7 Å². The van der Waals surface area contributed by atoms with Gasteiger partial charge in [-0.15, -0.1) is 0 Å². The summed E-state index contributed by atoms with van der Waals surface area (Å²) in [5, 5.41) is 0. The third-order valence-electron chi connectivity index (χ3n) is 2.89. The van der Waals surface area contributed by atoms with Crippen LogP contribution in [0.3, 0.4) is 0 Å². The fraction of sp³-hybridized carbons (Fsp3) is 0.312. The molecular weight excluding hydrogens is 280 g/mol. The van der Waals surface area contributed by atoms with E-state index in [-0.39, 0.29) is 23.7 Å². The van der Waals surface area contributed by atoms with Gasteiger partial charge >= 0.3 is 0 Å². The van der Waals surface area contributed by atoms with Gasteiger partial charge in [0.25, 0.3) is 5.91 Å². The van der Waals surface area contributed by atoms with Crippen molar-refractivity contribution >= 4 is 11.9 Å². The Morgan fingerprint density at radius 1 is 1.23 bits per heavy atom. The Morgan fingerprint density at radius 3 is 2.55 bits per heavy atom. The minimum atomic E-state index is -0.224. The number of carbonyl (C=O) groups is 1. The highest BCUT2D eigenvalue weighted by Gasteiger charge is 2.16. The summed E-state index contributed by atoms with van der Waals surface area (Å²) in [6, 6.07) is 9.14. The first-order valence-electron chi connectivity index (χ1n) is 7.00. The van der Waals surface area contributed by atoms with E-state index in [1.54, 1.807) is 20.2 Å². The molecule has 0 saturated carbocycles. The molecule has 6 heteroatoms. The Balaban J connectivity index is 2.52. The van der Waals surface area contributed by atoms with E-state index in [2.05, 4.69) is 9.97 Å². The molecule has 2 N–H and O–H groups in total. The molecule has 0 unspecified atom stereocenters. The lowest BCUT2D eigenvalue weighted by molar-refractivity contribution is 0.0822. The van der Waals surface area contributed by atoms with Crippen molar-refractivity contribution in [3.8, 4) is 17.0 Å². The van der Waals surface area contributed by atoms with Gasteiger partial charge in [-0.2, -0.15) is 0 Å². The van der Waals surface area contributed by atoms with Crippen molar-refractivity contribution in [2.24, 2.45) is 0 Å². The van der Waals surface area contributed by atoms with E-state index in [4.69, 9.17) is 10.5 Å². The Morgan fingerprint density at radius 2 is 1.91 bits per heavy atom. The van der Waals surface area contributed by atoms with E-state index >= 15 is 0 Å². The van der Waals surface area contributed by atoms with Gasteiger partial charge in [0.05, 0.1) is 11.8 Å². The van der Waals surface area contributed by atoms with Crippen LogP contribution >= 0.6 is 0 Å². The summed E-state index contributed by atoms with van der Waals surface area (Å²) < 4.78 is 5.79. The second-order valence-electron chi connectivity index (χ2n) is 5.36. The van der Waals surface area contributed by atoms with Crippen LogP contribution in [0.5, 0.6) is 5.75 Å². The van der Waals surface area contributed by atoms with Crippen LogP contribution < -0.4 is 10.5 Å². The first kappa shape index (κ1) is 15.8. The predicted molar refractivity (Wildman–Crippen MR) is 85.7 cm³/mol. The molecule has 6 nitrogen and oxygen atoms in total. The molecular formula is C16H20N4O2. The second kappa shape index (κ2) is 6.43. The lowest BCUT2D eigenvalue weighted by atomic mass is 10.1. The van der Waals surface area contributed by atoms with Crippen LogP contribution in [-0.4, -0.2) is 41.0 Å². The molecule has 2 aromatic rings. The van der Waals surface area contributed by atoms with Crippen LogP contribution in [0.4, 0.5) is 5.95 Å². The number of aromatic nitrogens is 2. The van der Waals surface area contributed by atoms with Crippen LogP contribution in [0.2, 0.25) is 0 Å². The maximum absolute atomic E-state index is 12.1. The molecule has 0 spiro atoms. The first-order chi connectivity index (χ1) is 10.4. The Bertz CT molecular complexity index is 684. The van der Waals surface area contributed by atoms with Crippen molar-refractivity contribution in [3.05, 3.63) is 36.0 Å². The molecule has 0 radical (unpaired) electrons. The molecule has 1 aromatic carbocycles. The van der Waals surface area contributed by atoms with Gasteiger partial charge in [0.15, 0.2) is 0 Å². The zero-order valence-electron chi connectivity index (χ0n) is 13.2. The van der Waals surface area contributed by atoms with E-state index in [9.17, 15) is 4.79 Å². The molecule has 0 atom stereocenters. The minimum absolute atomic E-state index is 0.0308. The molecule has 1 amide bonds. The quantitative estimate of drug-likeness (QED) is 0.936. The van der Waals surface area contributed by atoms with Crippen molar-refractivity contribution in [1.29, 1.82) is 0 Å². The maximum atomic E-state index is 12.1. The van der Waals surface area contributed by atoms with Gasteiger partial charge in [-0.05, 0) is 32.0 Å². The SMILES string of the molecule is CC(C)Oc1ccccc1-c1cc(C(=O)N(C)C)nc(N)n1. The highest BCUT2D eigenvalue weighted by molar-refractivity contribution is 5.93. The standard InChI is InChI=1S/C16H20N4O2/c1-10(2)22-14-8-6-5-7-11(14)12-9-13(15(21)20(3)4)19-16(17)18-12/h5-10H,1-4H3,(H2,17,18,19). The Hall–Kier alpha value is -2.63. The summed E-state index contributed by atoms with van der Waals surface area (Å²) in [7, 11) is 3.33. The van der Waals surface area contributed by atoms with E-state index in [1.807, 2.05) is 38.1 Å². The maximum Gasteiger partial charge on any atom is 0.272 e. The first-order valence-corrected chi connectivity index (χ1v) is 7.00. The molecule has 2 rings (SSSR count). The predicted octanol–water partition coefficient (Wildman–Crippen LogP) is 2.21. The number of ether oxygens (including phenoxy) is 1. The summed E-state index contributed by atoms with van der Waals surface area (Å²) in [6.45, 7) is 3.90. The zero-order chi connectivity index (χ0) is 16.3. The molecule has 0 saturated heterocycles. The normalized spacial score (nSPS) is 10.6. The fourth-order valence-corrected chi connectivity index (χ4v) is 1.98. The number of anilines is 1. The molecule has 0 bridgehead atoms. The molecule has 1 heterocycles. The molecule has 0 aliphatic heterocycles. The number of para-hydroxylation sites is 1. The third-order valence-corrected chi connectivity index (χ3v) is 2.89. The molecule has 0 fully saturated rings. The van der Waals surface area contributed by atoms with Gasteiger partial charge in [0.1, 0.15) is 11.4 Å². The fourth-order valence-electron chi connectivity index (χ4n) is 1.98. The molecule has 0 aliphatic rings. The highest BCUT2D eigenvalue weighted by Crippen LogP contribution is 2.30. The largest absolute Gasteiger partial charge is 0.490 e. The molecule has 1 aromatic heterocycles. The van der Waals surface area contributed by atoms with E-state index < -0.39 is 0 Å². The number of hydrogen-bond acceptors (Lipinski definition) is 5. The number of benzene rings is 1. The Kier molecular flexibility index (Phi) is 4.60. The number of hydrogen-bond donors (Lipinski definition) is 1. The molecule has 22 heavy (non-hydrogen) atoms. The van der Waals surface area contributed by atoms with Crippen LogP contribution in [-0.2, 0) is 0 Å². The van der Waals surface area contributed by atoms with Gasteiger partial charge in [-0.25, -0.2) is 9.97 Å². The van der Waals surface area contributed by atoms with Gasteiger partial charge < -0.3 is 15.4 Å². The van der Waals surface area contributed by atoms with Gasteiger partial charge in [-0.3, -0.25) is 4.79 Å². The third kappa shape index (κ3) is 3.52. The van der Waals surface area contributed by atoms with Gasteiger partial charge in [0.2, 0.25) is 5.95 Å². The second-order valence-corrected chi connectivity index (χ2v) is 5.36. The lowest BCUT2D eigenvalue weighted by Gasteiger charge is -2.15. The smallest absolute Gasteiger partial charge is 0.272 e. The number of amides is 1. The summed E-state index contributed by atoms with van der Waals surface area (Å²) in [4.78, 5) is 21.8. The number of nitrogens with zero attached hydrogens (tertiary/aromatic N) is 3. The van der Waals surface area contributed by atoms with Crippen LogP contribution in [0.25, 0.3) is 11.3 Å². The van der Waals surface area contributed by atoms with E-state index in [1.165, 1.54) is 4.90 Å². The zero-order valence-corrected chi connectivity index (χ0v) is 13.2. The number of nitrogen functional groups attached to an aromatic ring is 1. The van der Waals surface area contributed by atoms with Gasteiger partial charge in [-0.1, -0.05) is 12.1 Å². The average Bonchev–Trinajstić information content (AvgIpc) is 2.45. The van der Waals surface area contributed by atoms with Crippen molar-refractivity contribution in [2.45, 2.75) is 20.0 Å².